The van der Waals surface area contributed by atoms with Crippen LogP contribution in [-0.2, 0) is 10.4 Å². The summed E-state index contributed by atoms with van der Waals surface area (Å²) in [5, 5.41) is 5.03. The van der Waals surface area contributed by atoms with Crippen LogP contribution in [0.5, 0.6) is 0 Å². The van der Waals surface area contributed by atoms with Crippen molar-refractivity contribution in [1.82, 2.24) is 0 Å². The summed E-state index contributed by atoms with van der Waals surface area (Å²) in [6, 6.07) is 0. The van der Waals surface area contributed by atoms with E-state index in [1.807, 2.05) is 0 Å². The van der Waals surface area contributed by atoms with Crippen LogP contribution in [0, 0.1) is 0 Å². The first kappa shape index (κ1) is 24.8. The minimum absolute atomic E-state index is 0.488. The van der Waals surface area contributed by atoms with Gasteiger partial charge in [-0.05, 0) is 68.2 Å². The molecule has 0 atom stereocenters. The largest absolute Gasteiger partial charge is 0.759 e. The molecule has 2 aliphatic rings. The van der Waals surface area contributed by atoms with Gasteiger partial charge in [0.05, 0.1) is 22.2 Å². The Morgan fingerprint density at radius 1 is 0.600 bits per heavy atom. The summed E-state index contributed by atoms with van der Waals surface area (Å²) < 4.78 is 34.1. The van der Waals surface area contributed by atoms with Gasteiger partial charge in [-0.1, -0.05) is 0 Å². The Bertz CT molecular complexity index is 443. The molecule has 0 saturated carbocycles. The van der Waals surface area contributed by atoms with E-state index in [2.05, 4.69) is 66.0 Å². The second kappa shape index (κ2) is 8.65. The van der Waals surface area contributed by atoms with Gasteiger partial charge in [0, 0.05) is 36.1 Å². The highest BCUT2D eigenvalue weighted by Gasteiger charge is 2.36. The lowest BCUT2D eigenvalue weighted by atomic mass is 9.83. The van der Waals surface area contributed by atoms with Crippen LogP contribution in [0.3, 0.4) is 0 Å². The lowest BCUT2D eigenvalue weighted by Gasteiger charge is -2.38. The van der Waals surface area contributed by atoms with Crippen molar-refractivity contribution in [2.45, 2.75) is 116 Å². The normalized spacial score (nSPS) is 26.3. The van der Waals surface area contributed by atoms with Crippen LogP contribution in [0.15, 0.2) is 0 Å². The molecule has 152 valence electrons. The molecule has 0 aromatic rings. The molecule has 2 aliphatic heterocycles. The molecule has 4 N–H and O–H groups in total. The van der Waals surface area contributed by atoms with Crippen molar-refractivity contribution < 1.29 is 28.2 Å². The van der Waals surface area contributed by atoms with E-state index in [9.17, 15) is 0 Å². The molecule has 0 aromatic heterocycles. The molecule has 6 nitrogen and oxygen atoms in total. The molecule has 25 heavy (non-hydrogen) atoms. The molecule has 2 heterocycles. The fraction of sp³-hybridized carbons (Fsp3) is 1.00. The quantitative estimate of drug-likeness (QED) is 0.486. The maximum absolute atomic E-state index is 8.52. The SMILES string of the molecule is CC1(C)CCCC(C)(C)[NH2+]1.CC1(C)CCCC(C)(C)[NH2+]1.O=S(=O)([O-])[O-]. The minimum Gasteiger partial charge on any atom is -0.759 e. The molecule has 0 spiro atoms. The highest BCUT2D eigenvalue weighted by Crippen LogP contribution is 2.21. The first-order valence-corrected chi connectivity index (χ1v) is 10.6. The van der Waals surface area contributed by atoms with Gasteiger partial charge in [0.25, 0.3) is 0 Å². The zero-order valence-electron chi connectivity index (χ0n) is 17.4. The highest BCUT2D eigenvalue weighted by molar-refractivity contribution is 7.79. The lowest BCUT2D eigenvalue weighted by Crippen LogP contribution is -3.05. The Labute approximate surface area is 155 Å². The van der Waals surface area contributed by atoms with Crippen molar-refractivity contribution in [3.05, 3.63) is 0 Å². The van der Waals surface area contributed by atoms with Gasteiger partial charge >= 0.3 is 0 Å². The van der Waals surface area contributed by atoms with Crippen LogP contribution in [0.4, 0.5) is 0 Å². The topological polar surface area (TPSA) is 113 Å². The third-order valence-electron chi connectivity index (χ3n) is 4.85. The van der Waals surface area contributed by atoms with Gasteiger partial charge in [-0.15, -0.1) is 0 Å². The molecule has 2 saturated heterocycles. The maximum atomic E-state index is 8.52. The minimum atomic E-state index is -5.17. The Morgan fingerprint density at radius 2 is 0.760 bits per heavy atom. The van der Waals surface area contributed by atoms with Crippen LogP contribution in [-0.4, -0.2) is 39.7 Å². The summed E-state index contributed by atoms with van der Waals surface area (Å²) in [4.78, 5) is 0. The summed E-state index contributed by atoms with van der Waals surface area (Å²) in [6.45, 7) is 18.7. The average molecular weight is 381 g/mol. The molecule has 0 radical (unpaired) electrons. The Kier molecular flexibility index (Phi) is 8.58. The highest BCUT2D eigenvalue weighted by atomic mass is 32.3. The Hall–Kier alpha value is -0.210. The fourth-order valence-electron chi connectivity index (χ4n) is 4.40. The van der Waals surface area contributed by atoms with E-state index in [-0.39, 0.29) is 0 Å². The van der Waals surface area contributed by atoms with Crippen LogP contribution >= 0.6 is 0 Å². The number of quaternary nitrogens is 2. The van der Waals surface area contributed by atoms with E-state index in [0.29, 0.717) is 22.2 Å². The average Bonchev–Trinajstić information content (AvgIpc) is 2.19. The smallest absolute Gasteiger partial charge is 0.0908 e. The second-order valence-electron chi connectivity index (χ2n) is 10.4. The van der Waals surface area contributed by atoms with E-state index in [1.165, 1.54) is 38.5 Å². The first-order valence-electron chi connectivity index (χ1n) is 9.24. The van der Waals surface area contributed by atoms with Gasteiger partial charge in [0.15, 0.2) is 0 Å². The van der Waals surface area contributed by atoms with Crippen LogP contribution in [0.2, 0.25) is 0 Å². The van der Waals surface area contributed by atoms with Crippen LogP contribution in [0.1, 0.15) is 93.9 Å². The standard InChI is InChI=1S/2C9H19N.H2O4S/c2*1-8(2)6-5-7-9(3,4)10-8;1-5(2,3)4/h2*10H,5-7H2,1-4H3;(H2,1,2,3,4). The molecular formula is C18H40N2O4S. The fourth-order valence-corrected chi connectivity index (χ4v) is 4.40. The van der Waals surface area contributed by atoms with Gasteiger partial charge in [0.1, 0.15) is 0 Å². The van der Waals surface area contributed by atoms with Crippen molar-refractivity contribution in [3.63, 3.8) is 0 Å². The number of rotatable bonds is 0. The van der Waals surface area contributed by atoms with E-state index >= 15 is 0 Å². The van der Waals surface area contributed by atoms with Gasteiger partial charge in [-0.25, -0.2) is 0 Å². The van der Waals surface area contributed by atoms with Crippen molar-refractivity contribution in [2.75, 3.05) is 0 Å². The molecule has 0 bridgehead atoms. The molecule has 0 aromatic carbocycles. The van der Waals surface area contributed by atoms with Crippen LogP contribution in [0.25, 0.3) is 0 Å². The predicted octanol–water partition coefficient (Wildman–Crippen LogP) is 1.24. The van der Waals surface area contributed by atoms with Crippen molar-refractivity contribution in [3.8, 4) is 0 Å². The first-order chi connectivity index (χ1) is 10.8. The van der Waals surface area contributed by atoms with Crippen molar-refractivity contribution in [1.29, 1.82) is 0 Å². The van der Waals surface area contributed by atoms with E-state index in [0.717, 1.165) is 0 Å². The second-order valence-corrected chi connectivity index (χ2v) is 11.2. The monoisotopic (exact) mass is 380 g/mol. The molecule has 7 heteroatoms. The third kappa shape index (κ3) is 14.6. The van der Waals surface area contributed by atoms with Crippen LogP contribution < -0.4 is 10.6 Å². The number of hydrogen-bond donors (Lipinski definition) is 2. The third-order valence-corrected chi connectivity index (χ3v) is 4.85. The molecule has 2 rings (SSSR count). The van der Waals surface area contributed by atoms with E-state index < -0.39 is 10.4 Å². The predicted molar refractivity (Wildman–Crippen MR) is 98.3 cm³/mol. The lowest BCUT2D eigenvalue weighted by molar-refractivity contribution is -0.787. The molecule has 0 aliphatic carbocycles. The zero-order chi connectivity index (χ0) is 20.2. The Balaban J connectivity index is 0.000000368. The summed E-state index contributed by atoms with van der Waals surface area (Å²) in [5.41, 5.74) is 1.95. The Morgan fingerprint density at radius 3 is 0.840 bits per heavy atom. The van der Waals surface area contributed by atoms with Gasteiger partial charge in [-0.3, -0.25) is 8.42 Å². The van der Waals surface area contributed by atoms with Crippen molar-refractivity contribution >= 4 is 10.4 Å². The van der Waals surface area contributed by atoms with E-state index in [4.69, 9.17) is 17.5 Å². The molecule has 0 amide bonds. The number of piperidine rings is 2. The molecule has 0 unspecified atom stereocenters. The zero-order valence-corrected chi connectivity index (χ0v) is 18.3. The molecular weight excluding hydrogens is 340 g/mol. The summed E-state index contributed by atoms with van der Waals surface area (Å²) in [5.74, 6) is 0. The summed E-state index contributed by atoms with van der Waals surface area (Å²) >= 11 is 0. The summed E-state index contributed by atoms with van der Waals surface area (Å²) in [6.07, 6.45) is 8.28. The number of nitrogens with two attached hydrogens (primary N) is 2. The van der Waals surface area contributed by atoms with E-state index in [1.54, 1.807) is 0 Å². The van der Waals surface area contributed by atoms with Gasteiger partial charge < -0.3 is 19.7 Å². The van der Waals surface area contributed by atoms with Gasteiger partial charge in [0.2, 0.25) is 0 Å². The maximum Gasteiger partial charge on any atom is 0.0908 e. The van der Waals surface area contributed by atoms with Gasteiger partial charge in [-0.2, -0.15) is 0 Å². The molecule has 2 fully saturated rings. The summed E-state index contributed by atoms with van der Waals surface area (Å²) in [7, 11) is -5.17. The number of hydrogen-bond acceptors (Lipinski definition) is 4. The van der Waals surface area contributed by atoms with Crippen molar-refractivity contribution in [2.24, 2.45) is 0 Å².